The molecule has 0 unspecified atom stereocenters. The van der Waals surface area contributed by atoms with E-state index in [4.69, 9.17) is 4.74 Å². The first-order chi connectivity index (χ1) is 13.5. The Bertz CT molecular complexity index is 777. The molecule has 0 aromatic heterocycles. The molecule has 0 saturated heterocycles. The Morgan fingerprint density at radius 3 is 2.43 bits per heavy atom. The second-order valence-electron chi connectivity index (χ2n) is 6.33. The molecule has 3 N–H and O–H groups in total. The third-order valence-corrected chi connectivity index (χ3v) is 4.36. The fourth-order valence-corrected chi connectivity index (χ4v) is 2.67. The first kappa shape index (κ1) is 21.4. The van der Waals surface area contributed by atoms with E-state index < -0.39 is 5.82 Å². The molecule has 0 aliphatic heterocycles. The van der Waals surface area contributed by atoms with E-state index in [1.54, 1.807) is 30.3 Å². The number of likely N-dealkylation sites (N-methyl/N-ethyl adjacent to an activating group) is 1. The lowest BCUT2D eigenvalue weighted by atomic mass is 10.2. The minimum absolute atomic E-state index is 0.140. The van der Waals surface area contributed by atoms with Crippen LogP contribution in [0.2, 0.25) is 0 Å². The van der Waals surface area contributed by atoms with Crippen molar-refractivity contribution in [2.24, 2.45) is 0 Å². The van der Waals surface area contributed by atoms with E-state index in [9.17, 15) is 14.0 Å². The van der Waals surface area contributed by atoms with Crippen molar-refractivity contribution in [1.82, 2.24) is 5.32 Å². The number of carbonyl (C=O) groups excluding carboxylic acids is 2. The summed E-state index contributed by atoms with van der Waals surface area (Å²) in [5.41, 5.74) is 1.08. The van der Waals surface area contributed by atoms with Crippen LogP contribution in [0.25, 0.3) is 0 Å². The quantitative estimate of drug-likeness (QED) is 0.578. The van der Waals surface area contributed by atoms with Gasteiger partial charge in [-0.2, -0.15) is 0 Å². The summed E-state index contributed by atoms with van der Waals surface area (Å²) in [7, 11) is 0. The highest BCUT2D eigenvalue weighted by Gasteiger charge is 2.09. The standard InChI is InChI=1S/C21H26FN3O3/c1-3-25(4-2)13-12-23-21(27)16-8-10-18(11-9-16)24-20(26)15-28-19-7-5-6-17(22)14-19/h5-11,14H,3-4,12-13,15H2,1-2H3,(H,23,27)(H,24,26)/p+1. The molecular formula is C21H27FN3O3+. The second kappa shape index (κ2) is 11.0. The van der Waals surface area contributed by atoms with E-state index in [1.165, 1.54) is 23.1 Å². The van der Waals surface area contributed by atoms with Crippen LogP contribution in [0, 0.1) is 5.82 Å². The molecule has 0 bridgehead atoms. The number of ether oxygens (including phenoxy) is 1. The first-order valence-electron chi connectivity index (χ1n) is 9.41. The van der Waals surface area contributed by atoms with E-state index >= 15 is 0 Å². The van der Waals surface area contributed by atoms with Crippen molar-refractivity contribution in [3.05, 3.63) is 59.9 Å². The Labute approximate surface area is 164 Å². The third kappa shape index (κ3) is 7.00. The van der Waals surface area contributed by atoms with Gasteiger partial charge in [-0.1, -0.05) is 6.07 Å². The van der Waals surface area contributed by atoms with Gasteiger partial charge in [0.25, 0.3) is 11.8 Å². The molecule has 2 rings (SSSR count). The van der Waals surface area contributed by atoms with Crippen molar-refractivity contribution in [1.29, 1.82) is 0 Å². The summed E-state index contributed by atoms with van der Waals surface area (Å²) in [5, 5.41) is 5.58. The summed E-state index contributed by atoms with van der Waals surface area (Å²) >= 11 is 0. The van der Waals surface area contributed by atoms with Gasteiger partial charge in [-0.3, -0.25) is 9.59 Å². The second-order valence-corrected chi connectivity index (χ2v) is 6.33. The summed E-state index contributed by atoms with van der Waals surface area (Å²) in [6, 6.07) is 12.2. The van der Waals surface area contributed by atoms with Crippen LogP contribution in [0.4, 0.5) is 10.1 Å². The third-order valence-electron chi connectivity index (χ3n) is 4.36. The van der Waals surface area contributed by atoms with E-state index in [0.29, 0.717) is 17.8 Å². The highest BCUT2D eigenvalue weighted by molar-refractivity contribution is 5.96. The molecule has 0 radical (unpaired) electrons. The van der Waals surface area contributed by atoms with Gasteiger partial charge in [0.15, 0.2) is 6.61 Å². The highest BCUT2D eigenvalue weighted by Crippen LogP contribution is 2.13. The summed E-state index contributed by atoms with van der Waals surface area (Å²) in [6.45, 7) is 7.57. The van der Waals surface area contributed by atoms with Crippen LogP contribution < -0.4 is 20.3 Å². The van der Waals surface area contributed by atoms with Gasteiger partial charge in [0.05, 0.1) is 26.2 Å². The van der Waals surface area contributed by atoms with Crippen LogP contribution in [0.3, 0.4) is 0 Å². The zero-order chi connectivity index (χ0) is 20.4. The molecular weight excluding hydrogens is 361 g/mol. The van der Waals surface area contributed by atoms with Crippen LogP contribution in [0.5, 0.6) is 5.75 Å². The van der Waals surface area contributed by atoms with Crippen LogP contribution >= 0.6 is 0 Å². The molecule has 28 heavy (non-hydrogen) atoms. The smallest absolute Gasteiger partial charge is 0.262 e. The highest BCUT2D eigenvalue weighted by atomic mass is 19.1. The molecule has 0 spiro atoms. The predicted octanol–water partition coefficient (Wildman–Crippen LogP) is 1.50. The normalized spacial score (nSPS) is 10.6. The lowest BCUT2D eigenvalue weighted by molar-refractivity contribution is -0.895. The van der Waals surface area contributed by atoms with Crippen LogP contribution in [-0.4, -0.2) is 44.6 Å². The van der Waals surface area contributed by atoms with E-state index in [0.717, 1.165) is 19.6 Å². The van der Waals surface area contributed by atoms with Crippen molar-refractivity contribution in [3.63, 3.8) is 0 Å². The Morgan fingerprint density at radius 2 is 1.79 bits per heavy atom. The fraction of sp³-hybridized carbons (Fsp3) is 0.333. The topological polar surface area (TPSA) is 71.9 Å². The molecule has 0 atom stereocenters. The molecule has 0 fully saturated rings. The van der Waals surface area contributed by atoms with Gasteiger partial charge in [0.1, 0.15) is 11.6 Å². The van der Waals surface area contributed by atoms with E-state index in [2.05, 4.69) is 24.5 Å². The van der Waals surface area contributed by atoms with Gasteiger partial charge < -0.3 is 20.3 Å². The molecule has 0 aliphatic rings. The van der Waals surface area contributed by atoms with Crippen LogP contribution in [0.15, 0.2) is 48.5 Å². The fourth-order valence-electron chi connectivity index (χ4n) is 2.67. The van der Waals surface area contributed by atoms with Crippen LogP contribution in [-0.2, 0) is 4.79 Å². The first-order valence-corrected chi connectivity index (χ1v) is 9.41. The number of anilines is 1. The summed E-state index contributed by atoms with van der Waals surface area (Å²) in [6.07, 6.45) is 0. The molecule has 0 heterocycles. The van der Waals surface area contributed by atoms with E-state index in [1.807, 2.05) is 0 Å². The Kier molecular flexibility index (Phi) is 8.42. The van der Waals surface area contributed by atoms with E-state index in [-0.39, 0.29) is 24.2 Å². The number of benzene rings is 2. The number of amides is 2. The van der Waals surface area contributed by atoms with Crippen molar-refractivity contribution in [3.8, 4) is 5.75 Å². The van der Waals surface area contributed by atoms with Gasteiger partial charge in [0, 0.05) is 17.3 Å². The molecule has 6 nitrogen and oxygen atoms in total. The SMILES string of the molecule is CC[NH+](CC)CCNC(=O)c1ccc(NC(=O)COc2cccc(F)c2)cc1. The molecule has 2 aromatic rings. The zero-order valence-corrected chi connectivity index (χ0v) is 16.3. The largest absolute Gasteiger partial charge is 0.484 e. The molecule has 0 aliphatic carbocycles. The maximum absolute atomic E-state index is 13.1. The number of hydrogen-bond donors (Lipinski definition) is 3. The molecule has 0 saturated carbocycles. The van der Waals surface area contributed by atoms with Crippen molar-refractivity contribution in [2.45, 2.75) is 13.8 Å². The van der Waals surface area contributed by atoms with Crippen molar-refractivity contribution in [2.75, 3.05) is 38.1 Å². The maximum atomic E-state index is 13.1. The van der Waals surface area contributed by atoms with Crippen molar-refractivity contribution >= 4 is 17.5 Å². The number of carbonyl (C=O) groups is 2. The van der Waals surface area contributed by atoms with Gasteiger partial charge >= 0.3 is 0 Å². The summed E-state index contributed by atoms with van der Waals surface area (Å²) in [4.78, 5) is 25.5. The molecule has 2 amide bonds. The number of rotatable bonds is 10. The number of halogens is 1. The molecule has 150 valence electrons. The molecule has 2 aromatic carbocycles. The average Bonchev–Trinajstić information content (AvgIpc) is 2.70. The minimum atomic E-state index is -0.426. The minimum Gasteiger partial charge on any atom is -0.484 e. The van der Waals surface area contributed by atoms with Gasteiger partial charge in [0.2, 0.25) is 0 Å². The molecule has 7 heteroatoms. The number of hydrogen-bond acceptors (Lipinski definition) is 3. The summed E-state index contributed by atoms with van der Waals surface area (Å²) < 4.78 is 18.3. The van der Waals surface area contributed by atoms with Gasteiger partial charge in [-0.15, -0.1) is 0 Å². The van der Waals surface area contributed by atoms with Crippen molar-refractivity contribution < 1.29 is 23.6 Å². The number of quaternary nitrogens is 1. The number of nitrogens with one attached hydrogen (secondary N) is 3. The lowest BCUT2D eigenvalue weighted by Gasteiger charge is -2.15. The monoisotopic (exact) mass is 388 g/mol. The average molecular weight is 388 g/mol. The maximum Gasteiger partial charge on any atom is 0.262 e. The zero-order valence-electron chi connectivity index (χ0n) is 16.3. The Hall–Kier alpha value is -2.93. The summed E-state index contributed by atoms with van der Waals surface area (Å²) in [5.74, 6) is -0.651. The Morgan fingerprint density at radius 1 is 1.07 bits per heavy atom. The predicted molar refractivity (Wildman–Crippen MR) is 106 cm³/mol. The Balaban J connectivity index is 1.78. The van der Waals surface area contributed by atoms with Gasteiger partial charge in [-0.05, 0) is 50.2 Å². The lowest BCUT2D eigenvalue weighted by Crippen LogP contribution is -3.12. The van der Waals surface area contributed by atoms with Crippen LogP contribution in [0.1, 0.15) is 24.2 Å². The van der Waals surface area contributed by atoms with Gasteiger partial charge in [-0.25, -0.2) is 4.39 Å².